The number of hydrogen-bond acceptors (Lipinski definition) is 5. The molecule has 1 rings (SSSR count). The standard InChI is InChI=1S/C10H14ClN3O2S/c1-3-17-6-7(2)12-10-8(14(15)16)4-5-9(11)13-10/h4-5,7H,3,6H2,1-2H3,(H,12,13). The first-order chi connectivity index (χ1) is 8.04. The van der Waals surface area contributed by atoms with Gasteiger partial charge in [0.25, 0.3) is 0 Å². The summed E-state index contributed by atoms with van der Waals surface area (Å²) in [4.78, 5) is 14.3. The summed E-state index contributed by atoms with van der Waals surface area (Å²) < 4.78 is 0. The zero-order chi connectivity index (χ0) is 12.8. The van der Waals surface area contributed by atoms with Crippen molar-refractivity contribution in [2.75, 3.05) is 16.8 Å². The van der Waals surface area contributed by atoms with Crippen molar-refractivity contribution in [3.8, 4) is 0 Å². The molecule has 0 aromatic carbocycles. The van der Waals surface area contributed by atoms with Crippen LogP contribution in [0.1, 0.15) is 13.8 Å². The maximum absolute atomic E-state index is 10.8. The molecular weight excluding hydrogens is 262 g/mol. The van der Waals surface area contributed by atoms with Crippen LogP contribution < -0.4 is 5.32 Å². The van der Waals surface area contributed by atoms with Crippen molar-refractivity contribution < 1.29 is 4.92 Å². The molecule has 17 heavy (non-hydrogen) atoms. The molecule has 0 saturated carbocycles. The summed E-state index contributed by atoms with van der Waals surface area (Å²) in [5, 5.41) is 14.1. The summed E-state index contributed by atoms with van der Waals surface area (Å²) in [6.07, 6.45) is 0. The summed E-state index contributed by atoms with van der Waals surface area (Å²) in [6.45, 7) is 4.02. The molecule has 1 aromatic rings. The molecule has 1 N–H and O–H groups in total. The van der Waals surface area contributed by atoms with Crippen LogP contribution in [0.25, 0.3) is 0 Å². The van der Waals surface area contributed by atoms with Crippen LogP contribution in [0.5, 0.6) is 0 Å². The Morgan fingerprint density at radius 3 is 2.94 bits per heavy atom. The fourth-order valence-electron chi connectivity index (χ4n) is 1.25. The molecule has 1 aromatic heterocycles. The van der Waals surface area contributed by atoms with Gasteiger partial charge in [0.05, 0.1) is 4.92 Å². The van der Waals surface area contributed by atoms with Crippen molar-refractivity contribution >= 4 is 34.9 Å². The van der Waals surface area contributed by atoms with Gasteiger partial charge in [-0.3, -0.25) is 10.1 Å². The number of hydrogen-bond donors (Lipinski definition) is 1. The van der Waals surface area contributed by atoms with Gasteiger partial charge >= 0.3 is 5.69 Å². The second-order valence-electron chi connectivity index (χ2n) is 3.46. The lowest BCUT2D eigenvalue weighted by Crippen LogP contribution is -2.19. The van der Waals surface area contributed by atoms with Gasteiger partial charge in [0.1, 0.15) is 5.15 Å². The van der Waals surface area contributed by atoms with E-state index in [1.54, 1.807) is 11.8 Å². The second kappa shape index (κ2) is 6.66. The topological polar surface area (TPSA) is 68.1 Å². The maximum Gasteiger partial charge on any atom is 0.311 e. The molecule has 0 aliphatic carbocycles. The average molecular weight is 276 g/mol. The highest BCUT2D eigenvalue weighted by atomic mass is 35.5. The third kappa shape index (κ3) is 4.40. The highest BCUT2D eigenvalue weighted by Crippen LogP contribution is 2.24. The van der Waals surface area contributed by atoms with Crippen LogP contribution >= 0.6 is 23.4 Å². The zero-order valence-corrected chi connectivity index (χ0v) is 11.2. The van der Waals surface area contributed by atoms with E-state index in [9.17, 15) is 10.1 Å². The van der Waals surface area contributed by atoms with Crippen LogP contribution in [-0.4, -0.2) is 27.5 Å². The Bertz CT molecular complexity index is 403. The first kappa shape index (κ1) is 14.1. The number of halogens is 1. The summed E-state index contributed by atoms with van der Waals surface area (Å²) in [7, 11) is 0. The van der Waals surface area contributed by atoms with Crippen molar-refractivity contribution in [1.29, 1.82) is 0 Å². The van der Waals surface area contributed by atoms with Crippen molar-refractivity contribution in [2.45, 2.75) is 19.9 Å². The van der Waals surface area contributed by atoms with Crippen molar-refractivity contribution in [2.24, 2.45) is 0 Å². The third-order valence-electron chi connectivity index (χ3n) is 1.99. The first-order valence-corrected chi connectivity index (χ1v) is 6.73. The third-order valence-corrected chi connectivity index (χ3v) is 3.35. The predicted molar refractivity (Wildman–Crippen MR) is 72.0 cm³/mol. The number of nitro groups is 1. The normalized spacial score (nSPS) is 12.2. The van der Waals surface area contributed by atoms with E-state index >= 15 is 0 Å². The van der Waals surface area contributed by atoms with Gasteiger partial charge in [0.15, 0.2) is 0 Å². The maximum atomic E-state index is 10.8. The molecule has 1 unspecified atom stereocenters. The van der Waals surface area contributed by atoms with Gasteiger partial charge in [-0.1, -0.05) is 18.5 Å². The lowest BCUT2D eigenvalue weighted by Gasteiger charge is -2.13. The summed E-state index contributed by atoms with van der Waals surface area (Å²) in [5.74, 6) is 2.10. The highest BCUT2D eigenvalue weighted by Gasteiger charge is 2.17. The van der Waals surface area contributed by atoms with E-state index in [0.717, 1.165) is 11.5 Å². The van der Waals surface area contributed by atoms with Gasteiger partial charge in [0, 0.05) is 17.9 Å². The van der Waals surface area contributed by atoms with Gasteiger partial charge in [-0.05, 0) is 18.7 Å². The summed E-state index contributed by atoms with van der Waals surface area (Å²) >= 11 is 7.49. The number of thioether (sulfide) groups is 1. The van der Waals surface area contributed by atoms with Gasteiger partial charge in [0.2, 0.25) is 5.82 Å². The molecule has 94 valence electrons. The van der Waals surface area contributed by atoms with E-state index in [-0.39, 0.29) is 22.7 Å². The smallest absolute Gasteiger partial charge is 0.311 e. The van der Waals surface area contributed by atoms with Crippen LogP contribution in [0.15, 0.2) is 12.1 Å². The minimum absolute atomic E-state index is 0.0530. The molecule has 7 heteroatoms. The van der Waals surface area contributed by atoms with Gasteiger partial charge in [-0.15, -0.1) is 0 Å². The monoisotopic (exact) mass is 275 g/mol. The fourth-order valence-corrected chi connectivity index (χ4v) is 2.07. The molecule has 1 atom stereocenters. The van der Waals surface area contributed by atoms with E-state index in [1.165, 1.54) is 12.1 Å². The molecule has 1 heterocycles. The van der Waals surface area contributed by atoms with E-state index in [4.69, 9.17) is 11.6 Å². The van der Waals surface area contributed by atoms with E-state index in [1.807, 2.05) is 6.92 Å². The van der Waals surface area contributed by atoms with Crippen LogP contribution in [0.3, 0.4) is 0 Å². The number of anilines is 1. The average Bonchev–Trinajstić information content (AvgIpc) is 2.26. The van der Waals surface area contributed by atoms with Gasteiger partial charge < -0.3 is 5.32 Å². The number of nitrogens with one attached hydrogen (secondary N) is 1. The molecule has 5 nitrogen and oxygen atoms in total. The lowest BCUT2D eigenvalue weighted by atomic mass is 10.3. The Morgan fingerprint density at radius 2 is 2.35 bits per heavy atom. The van der Waals surface area contributed by atoms with Crippen LogP contribution in [-0.2, 0) is 0 Å². The molecular formula is C10H14ClN3O2S. The second-order valence-corrected chi connectivity index (χ2v) is 5.17. The van der Waals surface area contributed by atoms with Crippen molar-refractivity contribution in [3.63, 3.8) is 0 Å². The number of pyridine rings is 1. The molecule has 0 aliphatic rings. The van der Waals surface area contributed by atoms with Crippen LogP contribution in [0.4, 0.5) is 11.5 Å². The molecule has 0 bridgehead atoms. The van der Waals surface area contributed by atoms with E-state index in [2.05, 4.69) is 17.2 Å². The Balaban J connectivity index is 2.81. The van der Waals surface area contributed by atoms with Gasteiger partial charge in [-0.25, -0.2) is 4.98 Å². The SMILES string of the molecule is CCSCC(C)Nc1nc(Cl)ccc1[N+](=O)[O-]. The quantitative estimate of drug-likeness (QED) is 0.490. The molecule has 0 spiro atoms. The Morgan fingerprint density at radius 1 is 1.65 bits per heavy atom. The van der Waals surface area contributed by atoms with Crippen LogP contribution in [0, 0.1) is 10.1 Å². The summed E-state index contributed by atoms with van der Waals surface area (Å²) in [5.41, 5.74) is -0.0530. The molecule has 0 aliphatic heterocycles. The Kier molecular flexibility index (Phi) is 5.50. The Hall–Kier alpha value is -1.01. The molecule has 0 amide bonds. The fraction of sp³-hybridized carbons (Fsp3) is 0.500. The minimum atomic E-state index is -0.467. The van der Waals surface area contributed by atoms with Crippen molar-refractivity contribution in [1.82, 2.24) is 4.98 Å². The van der Waals surface area contributed by atoms with E-state index in [0.29, 0.717) is 0 Å². The summed E-state index contributed by atoms with van der Waals surface area (Å²) in [6, 6.07) is 2.87. The molecule has 0 fully saturated rings. The van der Waals surface area contributed by atoms with Crippen molar-refractivity contribution in [3.05, 3.63) is 27.4 Å². The number of rotatable bonds is 6. The number of nitrogens with zero attached hydrogens (tertiary/aromatic N) is 2. The Labute approximate surface area is 109 Å². The largest absolute Gasteiger partial charge is 0.361 e. The molecule has 0 saturated heterocycles. The zero-order valence-electron chi connectivity index (χ0n) is 9.64. The highest BCUT2D eigenvalue weighted by molar-refractivity contribution is 7.99. The van der Waals surface area contributed by atoms with E-state index < -0.39 is 4.92 Å². The first-order valence-electron chi connectivity index (χ1n) is 5.19. The van der Waals surface area contributed by atoms with Gasteiger partial charge in [-0.2, -0.15) is 11.8 Å². The minimum Gasteiger partial charge on any atom is -0.361 e. The number of aromatic nitrogens is 1. The predicted octanol–water partition coefficient (Wildman–Crippen LogP) is 3.20. The lowest BCUT2D eigenvalue weighted by molar-refractivity contribution is -0.384. The molecule has 0 radical (unpaired) electrons. The van der Waals surface area contributed by atoms with Crippen LogP contribution in [0.2, 0.25) is 5.15 Å².